The molecule has 0 saturated heterocycles. The number of nitrogens with one attached hydrogen (secondary N) is 2. The number of rotatable bonds is 7. The predicted molar refractivity (Wildman–Crippen MR) is 149 cm³/mol. The van der Waals surface area contributed by atoms with Crippen LogP contribution >= 0.6 is 0 Å². The summed E-state index contributed by atoms with van der Waals surface area (Å²) in [5.74, 6) is -2.82. The van der Waals surface area contributed by atoms with Crippen LogP contribution in [0.25, 0.3) is 21.9 Å². The van der Waals surface area contributed by atoms with E-state index in [4.69, 9.17) is 9.15 Å². The van der Waals surface area contributed by atoms with Gasteiger partial charge in [-0.3, -0.25) is 9.59 Å². The molecule has 6 rings (SSSR count). The lowest BCUT2D eigenvalue weighted by Crippen LogP contribution is -2.43. The van der Waals surface area contributed by atoms with Gasteiger partial charge in [-0.25, -0.2) is 13.6 Å². The van der Waals surface area contributed by atoms with E-state index in [2.05, 4.69) is 9.97 Å². The van der Waals surface area contributed by atoms with Gasteiger partial charge in [0, 0.05) is 59.3 Å². The molecule has 0 amide bonds. The van der Waals surface area contributed by atoms with Gasteiger partial charge in [-0.2, -0.15) is 0 Å². The molecular weight excluding hydrogens is 534 g/mol. The Morgan fingerprint density at radius 2 is 1.88 bits per heavy atom. The second kappa shape index (κ2) is 10.3. The summed E-state index contributed by atoms with van der Waals surface area (Å²) < 4.78 is 42.2. The number of furan rings is 1. The first-order chi connectivity index (χ1) is 19.7. The predicted octanol–water partition coefficient (Wildman–Crippen LogP) is 3.87. The maximum Gasteiger partial charge on any atom is 0.329 e. The topological polar surface area (TPSA) is 112 Å². The van der Waals surface area contributed by atoms with Crippen molar-refractivity contribution >= 4 is 33.5 Å². The van der Waals surface area contributed by atoms with Crippen molar-refractivity contribution in [2.24, 2.45) is 0 Å². The van der Waals surface area contributed by atoms with E-state index in [9.17, 15) is 14.4 Å². The van der Waals surface area contributed by atoms with Crippen LogP contribution in [0.3, 0.4) is 0 Å². The smallest absolute Gasteiger partial charge is 0.329 e. The molecule has 41 heavy (non-hydrogen) atoms. The van der Waals surface area contributed by atoms with Gasteiger partial charge in [0.1, 0.15) is 29.9 Å². The van der Waals surface area contributed by atoms with Gasteiger partial charge in [0.25, 0.3) is 5.56 Å². The fourth-order valence-corrected chi connectivity index (χ4v) is 5.53. The van der Waals surface area contributed by atoms with Crippen LogP contribution in [0.15, 0.2) is 75.1 Å². The summed E-state index contributed by atoms with van der Waals surface area (Å²) in [7, 11) is 3.66. The van der Waals surface area contributed by atoms with Gasteiger partial charge in [0.05, 0.1) is 23.1 Å². The zero-order chi connectivity index (χ0) is 28.8. The first-order valence-corrected chi connectivity index (χ1v) is 13.0. The Hall–Kier alpha value is -4.77. The Labute approximate surface area is 232 Å². The van der Waals surface area contributed by atoms with E-state index in [-0.39, 0.29) is 51.8 Å². The molecule has 5 aromatic rings. The minimum absolute atomic E-state index is 0.0641. The molecule has 0 saturated carbocycles. The van der Waals surface area contributed by atoms with Crippen LogP contribution in [0.2, 0.25) is 0 Å². The average molecular weight is 561 g/mol. The number of anilines is 1. The van der Waals surface area contributed by atoms with Crippen LogP contribution in [0, 0.1) is 11.6 Å². The van der Waals surface area contributed by atoms with Gasteiger partial charge < -0.3 is 28.9 Å². The third kappa shape index (κ3) is 4.57. The normalized spacial score (nSPS) is 16.6. The standard InChI is InChI=1S/C30H26F2N4O5/c1-35(2)9-11-41-30(39)27-25(18-4-3-7-34-29(18)38)26-23(14-21(32)17-6-10-40-28(17)26)36(27)15-16-12-19-22(13-20(16)31)33-8-5-24(19)37/h3-8,10,12-14,25,27H,9,11,15H2,1-2H3,(H,33,37)(H,34,38). The minimum atomic E-state index is -1.17. The molecule has 0 radical (unpaired) electrons. The number of hydrogen-bond acceptors (Lipinski definition) is 7. The summed E-state index contributed by atoms with van der Waals surface area (Å²) in [4.78, 5) is 48.3. The number of pyridine rings is 2. The number of benzene rings is 2. The van der Waals surface area contributed by atoms with Crippen molar-refractivity contribution in [3.05, 3.63) is 110 Å². The van der Waals surface area contributed by atoms with E-state index in [0.717, 1.165) is 0 Å². The summed E-state index contributed by atoms with van der Waals surface area (Å²) in [5, 5.41) is 0.447. The number of hydrogen-bond donors (Lipinski definition) is 2. The number of carbonyl (C=O) groups excluding carboxylic acids is 1. The van der Waals surface area contributed by atoms with Gasteiger partial charge in [-0.05, 0) is 44.4 Å². The van der Waals surface area contributed by atoms with E-state index in [1.54, 1.807) is 12.1 Å². The Kier molecular flexibility index (Phi) is 6.66. The summed E-state index contributed by atoms with van der Waals surface area (Å²) in [6, 6.07) is 8.74. The highest BCUT2D eigenvalue weighted by Crippen LogP contribution is 2.49. The molecule has 0 spiro atoms. The lowest BCUT2D eigenvalue weighted by molar-refractivity contribution is -0.145. The molecule has 9 nitrogen and oxygen atoms in total. The van der Waals surface area contributed by atoms with Crippen LogP contribution in [0.4, 0.5) is 14.5 Å². The molecule has 2 N–H and O–H groups in total. The molecule has 11 heteroatoms. The number of aromatic nitrogens is 2. The molecule has 2 unspecified atom stereocenters. The lowest BCUT2D eigenvalue weighted by atomic mass is 9.87. The second-order valence-electron chi connectivity index (χ2n) is 10.3. The Bertz CT molecular complexity index is 1910. The Balaban J connectivity index is 1.56. The molecule has 0 bridgehead atoms. The van der Waals surface area contributed by atoms with Gasteiger partial charge in [-0.1, -0.05) is 6.07 Å². The molecule has 1 aliphatic rings. The number of esters is 1. The Morgan fingerprint density at radius 3 is 2.66 bits per heavy atom. The average Bonchev–Trinajstić information content (AvgIpc) is 3.54. The molecule has 0 fully saturated rings. The van der Waals surface area contributed by atoms with E-state index in [1.165, 1.54) is 53.9 Å². The fourth-order valence-electron chi connectivity index (χ4n) is 5.53. The lowest BCUT2D eigenvalue weighted by Gasteiger charge is -2.29. The van der Waals surface area contributed by atoms with E-state index < -0.39 is 35.1 Å². The van der Waals surface area contributed by atoms with Gasteiger partial charge >= 0.3 is 5.97 Å². The summed E-state index contributed by atoms with van der Waals surface area (Å²) >= 11 is 0. The number of ether oxygens (including phenoxy) is 1. The van der Waals surface area contributed by atoms with Gasteiger partial charge in [-0.15, -0.1) is 0 Å². The van der Waals surface area contributed by atoms with E-state index in [0.29, 0.717) is 17.6 Å². The SMILES string of the molecule is CN(C)CCOC(=O)C1C(c2ccc[nH]c2=O)c2c(cc(F)c3ccoc23)N1Cc1cc2c(=O)cc[nH]c2cc1F. The number of carbonyl (C=O) groups is 1. The van der Waals surface area contributed by atoms with Crippen molar-refractivity contribution in [2.45, 2.75) is 18.5 Å². The number of nitrogens with zero attached hydrogens (tertiary/aromatic N) is 2. The fraction of sp³-hybridized carbons (Fsp3) is 0.233. The van der Waals surface area contributed by atoms with E-state index >= 15 is 8.78 Å². The van der Waals surface area contributed by atoms with Crippen molar-refractivity contribution < 1.29 is 22.7 Å². The van der Waals surface area contributed by atoms with Crippen LogP contribution < -0.4 is 15.9 Å². The minimum Gasteiger partial charge on any atom is -0.464 e. The van der Waals surface area contributed by atoms with Crippen molar-refractivity contribution in [3.8, 4) is 0 Å². The monoisotopic (exact) mass is 560 g/mol. The van der Waals surface area contributed by atoms with Gasteiger partial charge in [0.15, 0.2) is 5.43 Å². The highest BCUT2D eigenvalue weighted by atomic mass is 19.1. The van der Waals surface area contributed by atoms with Crippen molar-refractivity contribution in [2.75, 3.05) is 32.1 Å². The first kappa shape index (κ1) is 26.5. The maximum atomic E-state index is 15.4. The van der Waals surface area contributed by atoms with E-state index in [1.807, 2.05) is 19.0 Å². The van der Waals surface area contributed by atoms with Crippen molar-refractivity contribution in [3.63, 3.8) is 0 Å². The summed E-state index contributed by atoms with van der Waals surface area (Å²) in [6.45, 7) is 0.291. The second-order valence-corrected chi connectivity index (χ2v) is 10.3. The number of halogens is 2. The highest BCUT2D eigenvalue weighted by Gasteiger charge is 2.48. The van der Waals surface area contributed by atoms with Crippen LogP contribution in [0.5, 0.6) is 0 Å². The summed E-state index contributed by atoms with van der Waals surface area (Å²) in [5.41, 5.74) is 0.766. The highest BCUT2D eigenvalue weighted by molar-refractivity contribution is 5.95. The molecule has 4 heterocycles. The Morgan fingerprint density at radius 1 is 1.05 bits per heavy atom. The molecule has 0 aliphatic carbocycles. The first-order valence-electron chi connectivity index (χ1n) is 13.0. The molecule has 210 valence electrons. The number of fused-ring (bicyclic) bond motifs is 4. The number of H-pyrrole nitrogens is 2. The molecular formula is C30H26F2N4O5. The third-order valence-corrected chi connectivity index (χ3v) is 7.45. The van der Waals surface area contributed by atoms with Gasteiger partial charge in [0.2, 0.25) is 0 Å². The zero-order valence-electron chi connectivity index (χ0n) is 22.2. The number of aromatic amines is 2. The molecule has 2 aromatic carbocycles. The maximum absolute atomic E-state index is 15.4. The van der Waals surface area contributed by atoms with Crippen LogP contribution in [0.1, 0.15) is 22.6 Å². The van der Waals surface area contributed by atoms with Crippen LogP contribution in [-0.4, -0.2) is 54.1 Å². The third-order valence-electron chi connectivity index (χ3n) is 7.45. The summed E-state index contributed by atoms with van der Waals surface area (Å²) in [6.07, 6.45) is 4.24. The number of likely N-dealkylation sites (N-methyl/N-ethyl adjacent to an activating group) is 1. The quantitative estimate of drug-likeness (QED) is 0.291. The molecule has 2 atom stereocenters. The van der Waals surface area contributed by atoms with Crippen molar-refractivity contribution in [1.82, 2.24) is 14.9 Å². The molecule has 3 aromatic heterocycles. The molecule has 1 aliphatic heterocycles. The largest absolute Gasteiger partial charge is 0.464 e. The van der Waals surface area contributed by atoms with Crippen molar-refractivity contribution in [1.29, 1.82) is 0 Å². The van der Waals surface area contributed by atoms with Crippen LogP contribution in [-0.2, 0) is 16.1 Å². The zero-order valence-corrected chi connectivity index (χ0v) is 22.2.